The number of hydrogen-bond acceptors (Lipinski definition) is 14. The Morgan fingerprint density at radius 1 is 0.593 bits per heavy atom. The van der Waals surface area contributed by atoms with Gasteiger partial charge in [0.1, 0.15) is 32.0 Å². The highest BCUT2D eigenvalue weighted by Gasteiger charge is 2.50. The van der Waals surface area contributed by atoms with Crippen LogP contribution in [0.15, 0.2) is 0 Å². The first-order valence-corrected chi connectivity index (χ1v) is 18.9. The molecule has 322 valence electrons. The summed E-state index contributed by atoms with van der Waals surface area (Å²) in [5.41, 5.74) is 3.66. The molecule has 15 heteroatoms. The maximum atomic E-state index is 13.9. The summed E-state index contributed by atoms with van der Waals surface area (Å²) in [7, 11) is 12.5. The highest BCUT2D eigenvalue weighted by molar-refractivity contribution is 5.80. The van der Waals surface area contributed by atoms with Crippen LogP contribution in [0, 0.1) is 21.7 Å². The maximum Gasteiger partial charge on any atom is 0.312 e. The van der Waals surface area contributed by atoms with E-state index in [0.29, 0.717) is 25.7 Å². The summed E-state index contributed by atoms with van der Waals surface area (Å²) in [5, 5.41) is 33.2. The molecule has 0 heterocycles. The van der Waals surface area contributed by atoms with Crippen LogP contribution >= 0.6 is 0 Å². The number of nitrogens with zero attached hydrogens (tertiary/aromatic N) is 2. The second-order valence-electron chi connectivity index (χ2n) is 17.1. The van der Waals surface area contributed by atoms with Gasteiger partial charge in [-0.25, -0.2) is 0 Å². The lowest BCUT2D eigenvalue weighted by Gasteiger charge is -2.48. The van der Waals surface area contributed by atoms with Gasteiger partial charge in [-0.2, -0.15) is 0 Å². The van der Waals surface area contributed by atoms with Gasteiger partial charge in [0.2, 0.25) is 0 Å². The number of likely N-dealkylation sites (N-methyl/N-ethyl adjacent to an activating group) is 1. The van der Waals surface area contributed by atoms with Crippen molar-refractivity contribution in [2.75, 3.05) is 75.7 Å². The predicted octanol–water partition coefficient (Wildman–Crippen LogP) is 2.88. The van der Waals surface area contributed by atoms with Gasteiger partial charge in [-0.05, 0) is 143 Å². The van der Waals surface area contributed by atoms with Crippen LogP contribution in [0.4, 0.5) is 0 Å². The van der Waals surface area contributed by atoms with Gasteiger partial charge < -0.3 is 56.1 Å². The Balaban J connectivity index is -0.00000627. The van der Waals surface area contributed by atoms with E-state index in [-0.39, 0.29) is 25.1 Å². The zero-order valence-electron chi connectivity index (χ0n) is 37.0. The normalized spacial score (nSPS) is 17.5. The quantitative estimate of drug-likeness (QED) is 0.0612. The predicted molar refractivity (Wildman–Crippen MR) is 214 cm³/mol. The number of aliphatic hydroxyl groups excluding tert-OH is 2. The molecule has 15 nitrogen and oxygen atoms in total. The molecule has 8 N–H and O–H groups in total. The number of aliphatic carboxylic acids is 1. The average Bonchev–Trinajstić information content (AvgIpc) is 3.09. The number of carbonyl (C=O) groups excluding carboxylic acids is 3. The molecule has 6 unspecified atom stereocenters. The molecule has 6 atom stereocenters. The fourth-order valence-electron chi connectivity index (χ4n) is 6.68. The molecule has 0 aliphatic rings. The van der Waals surface area contributed by atoms with E-state index in [1.165, 1.54) is 14.1 Å². The molecule has 0 spiro atoms. The molecule has 0 aromatic rings. The molecule has 0 fully saturated rings. The minimum atomic E-state index is -1.29. The monoisotopic (exact) mass is 780 g/mol. The lowest BCUT2D eigenvalue weighted by Crippen LogP contribution is -2.54. The summed E-state index contributed by atoms with van der Waals surface area (Å²) in [6, 6.07) is 0. The van der Waals surface area contributed by atoms with Crippen LogP contribution in [0.25, 0.3) is 0 Å². The van der Waals surface area contributed by atoms with Crippen LogP contribution in [0.2, 0.25) is 0 Å². The van der Waals surface area contributed by atoms with E-state index in [0.717, 1.165) is 6.42 Å². The zero-order chi connectivity index (χ0) is 43.5. The van der Waals surface area contributed by atoms with Gasteiger partial charge in [0.05, 0.1) is 21.7 Å². The van der Waals surface area contributed by atoms with Crippen molar-refractivity contribution in [1.29, 1.82) is 0 Å². The molecule has 0 radical (unpaired) electrons. The van der Waals surface area contributed by atoms with Crippen molar-refractivity contribution in [2.24, 2.45) is 33.1 Å². The molecule has 0 aliphatic heterocycles. The fraction of sp³-hybridized carbons (Fsp3) is 0.897. The van der Waals surface area contributed by atoms with Crippen LogP contribution in [0.1, 0.15) is 108 Å². The number of nitrogens with two attached hydrogens (primary N) is 2. The molecule has 0 aliphatic carbocycles. The number of hydrogen-bond donors (Lipinski definition) is 6. The molecular weight excluding hydrogens is 698 g/mol. The fourth-order valence-corrected chi connectivity index (χ4v) is 6.68. The summed E-state index contributed by atoms with van der Waals surface area (Å²) in [6.45, 7) is 17.4. The Morgan fingerprint density at radius 2 is 0.981 bits per heavy atom. The Hall–Kier alpha value is -2.40. The summed E-state index contributed by atoms with van der Waals surface area (Å²) >= 11 is 0. The van der Waals surface area contributed by atoms with Crippen molar-refractivity contribution in [3.63, 3.8) is 0 Å². The van der Waals surface area contributed by atoms with Gasteiger partial charge in [-0.1, -0.05) is 13.8 Å². The lowest BCUT2D eigenvalue weighted by atomic mass is 9.66. The minimum absolute atomic E-state index is 0.0521. The first-order valence-electron chi connectivity index (χ1n) is 18.9. The van der Waals surface area contributed by atoms with Gasteiger partial charge >= 0.3 is 23.9 Å². The molecule has 0 amide bonds. The summed E-state index contributed by atoms with van der Waals surface area (Å²) in [6.07, 6.45) is 0.119. The number of ether oxygens (including phenoxy) is 3. The molecule has 0 saturated heterocycles. The van der Waals surface area contributed by atoms with Crippen LogP contribution in [-0.4, -0.2) is 148 Å². The Morgan fingerprint density at radius 3 is 1.35 bits per heavy atom. The third kappa shape index (κ3) is 17.6. The standard InChI is InChI=1S/C37H71N3O10.2CH5N/c1-16-34(7,22-32(3,4)28(43)44)30(46)50-21-27(42)20-48-29(45)33(5,6)23-37(10,40(14)15)25-35(8,24-36(9,17-2)39(12)13)31(47)49-19-26(41)18-38-11;2*1-2/h26-27,38,41-42H,16-25H2,1-15H3,(H,43,44);2*2H2,1H3. The van der Waals surface area contributed by atoms with E-state index >= 15 is 0 Å². The second kappa shape index (κ2) is 24.3. The molecular formula is C39H81N5O10. The Labute approximate surface area is 327 Å². The van der Waals surface area contributed by atoms with Gasteiger partial charge in [0, 0.05) is 17.6 Å². The topological polar surface area (TPSA) is 227 Å². The number of esters is 3. The summed E-state index contributed by atoms with van der Waals surface area (Å²) in [4.78, 5) is 56.0. The van der Waals surface area contributed by atoms with Crippen molar-refractivity contribution in [3.8, 4) is 0 Å². The zero-order valence-corrected chi connectivity index (χ0v) is 37.0. The first-order chi connectivity index (χ1) is 24.6. The van der Waals surface area contributed by atoms with Gasteiger partial charge in [0.15, 0.2) is 0 Å². The van der Waals surface area contributed by atoms with Crippen LogP contribution in [0.3, 0.4) is 0 Å². The van der Waals surface area contributed by atoms with E-state index in [4.69, 9.17) is 14.2 Å². The van der Waals surface area contributed by atoms with Crippen LogP contribution in [0.5, 0.6) is 0 Å². The third-order valence-corrected chi connectivity index (χ3v) is 10.7. The van der Waals surface area contributed by atoms with Crippen molar-refractivity contribution < 1.29 is 48.7 Å². The summed E-state index contributed by atoms with van der Waals surface area (Å²) in [5.74, 6) is -2.65. The Kier molecular flexibility index (Phi) is 25.2. The van der Waals surface area contributed by atoms with E-state index in [9.17, 15) is 34.5 Å². The van der Waals surface area contributed by atoms with E-state index in [2.05, 4.69) is 35.5 Å². The molecule has 0 saturated carbocycles. The van der Waals surface area contributed by atoms with E-state index < -0.39 is 76.5 Å². The van der Waals surface area contributed by atoms with Crippen molar-refractivity contribution in [3.05, 3.63) is 0 Å². The van der Waals surface area contributed by atoms with Gasteiger partial charge in [-0.3, -0.25) is 19.2 Å². The van der Waals surface area contributed by atoms with E-state index in [1.807, 2.05) is 46.9 Å². The number of rotatable bonds is 24. The molecule has 0 bridgehead atoms. The number of aliphatic hydroxyl groups is 2. The number of carboxylic acids is 1. The lowest BCUT2D eigenvalue weighted by molar-refractivity contribution is -0.167. The van der Waals surface area contributed by atoms with Gasteiger partial charge in [-0.15, -0.1) is 0 Å². The van der Waals surface area contributed by atoms with E-state index in [1.54, 1.807) is 48.6 Å². The third-order valence-electron chi connectivity index (χ3n) is 10.7. The van der Waals surface area contributed by atoms with Gasteiger partial charge in [0.25, 0.3) is 0 Å². The Bertz CT molecular complexity index is 1140. The minimum Gasteiger partial charge on any atom is -0.481 e. The van der Waals surface area contributed by atoms with Crippen molar-refractivity contribution in [1.82, 2.24) is 15.1 Å². The number of nitrogens with one attached hydrogen (secondary N) is 1. The smallest absolute Gasteiger partial charge is 0.312 e. The maximum absolute atomic E-state index is 13.9. The number of carboxylic acid groups (broad SMARTS) is 1. The van der Waals surface area contributed by atoms with Crippen LogP contribution in [-0.2, 0) is 33.4 Å². The highest BCUT2D eigenvalue weighted by atomic mass is 16.6. The first kappa shape index (κ1) is 55.9. The molecule has 0 aromatic carbocycles. The molecule has 0 aromatic heterocycles. The highest BCUT2D eigenvalue weighted by Crippen LogP contribution is 2.45. The SMILES string of the molecule is CCC(C)(CC(C)(C)C(=O)O)C(=O)OCC(O)COC(=O)C(C)(C)CC(C)(CC(C)(CC(C)(CC)N(C)C)C(=O)OCC(O)CNC)N(C)C.CN.CN. The molecule has 0 rings (SSSR count). The number of carbonyl (C=O) groups is 4. The molecule has 54 heavy (non-hydrogen) atoms. The second-order valence-corrected chi connectivity index (χ2v) is 17.1. The van der Waals surface area contributed by atoms with Crippen molar-refractivity contribution >= 4 is 23.9 Å². The van der Waals surface area contributed by atoms with Crippen molar-refractivity contribution in [2.45, 2.75) is 131 Å². The summed E-state index contributed by atoms with van der Waals surface area (Å²) < 4.78 is 16.6. The largest absolute Gasteiger partial charge is 0.481 e. The van der Waals surface area contributed by atoms with Crippen LogP contribution < -0.4 is 16.8 Å². The average molecular weight is 780 g/mol.